The van der Waals surface area contributed by atoms with E-state index in [2.05, 4.69) is 21.6 Å². The highest BCUT2D eigenvalue weighted by Crippen LogP contribution is 2.36. The van der Waals surface area contributed by atoms with E-state index in [1.807, 2.05) is 19.9 Å². The summed E-state index contributed by atoms with van der Waals surface area (Å²) in [6.45, 7) is 7.94. The molecule has 1 atom stereocenters. The third kappa shape index (κ3) is 2.58. The van der Waals surface area contributed by atoms with Crippen molar-refractivity contribution in [2.45, 2.75) is 26.4 Å². The molecule has 0 bridgehead atoms. The molecule has 108 valence electrons. The molecule has 1 unspecified atom stereocenters. The van der Waals surface area contributed by atoms with Gasteiger partial charge in [-0.2, -0.15) is 0 Å². The van der Waals surface area contributed by atoms with Crippen molar-refractivity contribution in [3.63, 3.8) is 0 Å². The average molecular weight is 275 g/mol. The summed E-state index contributed by atoms with van der Waals surface area (Å²) < 4.78 is 5.89. The minimum Gasteiger partial charge on any atom is -0.488 e. The monoisotopic (exact) mass is 275 g/mol. The third-order valence-electron chi connectivity index (χ3n) is 3.81. The smallest absolute Gasteiger partial charge is 0.228 e. The lowest BCUT2D eigenvalue weighted by Gasteiger charge is -2.30. The van der Waals surface area contributed by atoms with Gasteiger partial charge in [0.05, 0.1) is 12.1 Å². The molecule has 5 nitrogen and oxygen atoms in total. The molecule has 0 spiro atoms. The minimum atomic E-state index is -0.0833. The number of nitrogens with one attached hydrogen (secondary N) is 2. The Morgan fingerprint density at radius 2 is 2.05 bits per heavy atom. The Bertz CT molecular complexity index is 524. The molecular formula is C15H21N3O2. The number of piperazine rings is 1. The van der Waals surface area contributed by atoms with E-state index in [0.29, 0.717) is 6.42 Å². The summed E-state index contributed by atoms with van der Waals surface area (Å²) >= 11 is 0. The van der Waals surface area contributed by atoms with Crippen molar-refractivity contribution in [2.75, 3.05) is 36.4 Å². The van der Waals surface area contributed by atoms with Crippen molar-refractivity contribution >= 4 is 17.3 Å². The van der Waals surface area contributed by atoms with Gasteiger partial charge in [-0.1, -0.05) is 0 Å². The maximum Gasteiger partial charge on any atom is 0.228 e. The zero-order valence-corrected chi connectivity index (χ0v) is 12.0. The first-order valence-electron chi connectivity index (χ1n) is 7.20. The van der Waals surface area contributed by atoms with Crippen LogP contribution in [0.1, 0.15) is 18.9 Å². The highest BCUT2D eigenvalue weighted by molar-refractivity contribution is 5.94. The van der Waals surface area contributed by atoms with Gasteiger partial charge < -0.3 is 20.3 Å². The Morgan fingerprint density at radius 1 is 1.30 bits per heavy atom. The SMILES string of the molecule is Cc1cc(N2CCNCC2)cc2c1OC(C)CC(=O)N2. The van der Waals surface area contributed by atoms with Gasteiger partial charge in [0, 0.05) is 31.9 Å². The van der Waals surface area contributed by atoms with Crippen LogP contribution < -0.4 is 20.3 Å². The molecule has 2 N–H and O–H groups in total. The summed E-state index contributed by atoms with van der Waals surface area (Å²) in [5.41, 5.74) is 3.03. The number of hydrogen-bond donors (Lipinski definition) is 2. The zero-order chi connectivity index (χ0) is 14.1. The Balaban J connectivity index is 1.96. The first kappa shape index (κ1) is 13.2. The van der Waals surface area contributed by atoms with Crippen molar-refractivity contribution in [1.29, 1.82) is 0 Å². The fraction of sp³-hybridized carbons (Fsp3) is 0.533. The fourth-order valence-corrected chi connectivity index (χ4v) is 2.81. The molecule has 2 aliphatic heterocycles. The highest BCUT2D eigenvalue weighted by atomic mass is 16.5. The lowest BCUT2D eigenvalue weighted by Crippen LogP contribution is -2.43. The summed E-state index contributed by atoms with van der Waals surface area (Å²) in [4.78, 5) is 14.2. The standard InChI is InChI=1S/C15H21N3O2/c1-10-7-12(18-5-3-16-4-6-18)9-13-15(10)20-11(2)8-14(19)17-13/h7,9,11,16H,3-6,8H2,1-2H3,(H,17,19). The van der Waals surface area contributed by atoms with E-state index in [9.17, 15) is 4.79 Å². The number of carbonyl (C=O) groups is 1. The van der Waals surface area contributed by atoms with Crippen molar-refractivity contribution in [3.8, 4) is 5.75 Å². The van der Waals surface area contributed by atoms with Crippen LogP contribution in [0, 0.1) is 6.92 Å². The highest BCUT2D eigenvalue weighted by Gasteiger charge is 2.22. The predicted octanol–water partition coefficient (Wildman–Crippen LogP) is 1.51. The van der Waals surface area contributed by atoms with E-state index in [0.717, 1.165) is 48.9 Å². The van der Waals surface area contributed by atoms with E-state index in [4.69, 9.17) is 4.74 Å². The van der Waals surface area contributed by atoms with E-state index in [1.165, 1.54) is 0 Å². The number of fused-ring (bicyclic) bond motifs is 1. The maximum atomic E-state index is 11.8. The van der Waals surface area contributed by atoms with Crippen molar-refractivity contribution in [1.82, 2.24) is 5.32 Å². The number of ether oxygens (including phenoxy) is 1. The number of aryl methyl sites for hydroxylation is 1. The van der Waals surface area contributed by atoms with Crippen LogP contribution in [0.25, 0.3) is 0 Å². The van der Waals surface area contributed by atoms with Crippen LogP contribution >= 0.6 is 0 Å². The second-order valence-corrected chi connectivity index (χ2v) is 5.56. The first-order chi connectivity index (χ1) is 9.63. The van der Waals surface area contributed by atoms with Gasteiger partial charge in [0.2, 0.25) is 5.91 Å². The van der Waals surface area contributed by atoms with Crippen LogP contribution in [0.15, 0.2) is 12.1 Å². The Kier molecular flexibility index (Phi) is 3.53. The lowest BCUT2D eigenvalue weighted by molar-refractivity contribution is -0.117. The van der Waals surface area contributed by atoms with Crippen molar-refractivity contribution in [3.05, 3.63) is 17.7 Å². The van der Waals surface area contributed by atoms with Gasteiger partial charge >= 0.3 is 0 Å². The van der Waals surface area contributed by atoms with Crippen LogP contribution in [-0.4, -0.2) is 38.2 Å². The first-order valence-corrected chi connectivity index (χ1v) is 7.20. The predicted molar refractivity (Wildman–Crippen MR) is 79.6 cm³/mol. The van der Waals surface area contributed by atoms with Gasteiger partial charge in [-0.25, -0.2) is 0 Å². The van der Waals surface area contributed by atoms with Crippen LogP contribution in [0.3, 0.4) is 0 Å². The van der Waals surface area contributed by atoms with Gasteiger partial charge in [-0.3, -0.25) is 4.79 Å². The normalized spacial score (nSPS) is 22.6. The molecule has 2 aliphatic rings. The van der Waals surface area contributed by atoms with Gasteiger partial charge in [0.25, 0.3) is 0 Å². The Labute approximate surface area is 119 Å². The van der Waals surface area contributed by atoms with Gasteiger partial charge in [0.15, 0.2) is 0 Å². The topological polar surface area (TPSA) is 53.6 Å². The minimum absolute atomic E-state index is 0.0214. The summed E-state index contributed by atoms with van der Waals surface area (Å²) in [6.07, 6.45) is 0.317. The van der Waals surface area contributed by atoms with E-state index < -0.39 is 0 Å². The molecule has 1 saturated heterocycles. The van der Waals surface area contributed by atoms with Crippen LogP contribution in [0.5, 0.6) is 5.75 Å². The molecule has 20 heavy (non-hydrogen) atoms. The molecule has 5 heteroatoms. The number of amides is 1. The molecule has 0 aliphatic carbocycles. The van der Waals surface area contributed by atoms with E-state index >= 15 is 0 Å². The van der Waals surface area contributed by atoms with Crippen molar-refractivity contribution < 1.29 is 9.53 Å². The second-order valence-electron chi connectivity index (χ2n) is 5.56. The number of hydrogen-bond acceptors (Lipinski definition) is 4. The average Bonchev–Trinajstić information content (AvgIpc) is 2.57. The molecule has 3 rings (SSSR count). The maximum absolute atomic E-state index is 11.8. The lowest BCUT2D eigenvalue weighted by atomic mass is 10.1. The molecule has 1 aromatic carbocycles. The number of nitrogens with zero attached hydrogens (tertiary/aromatic N) is 1. The second kappa shape index (κ2) is 5.32. The summed E-state index contributed by atoms with van der Waals surface area (Å²) in [5, 5.41) is 6.32. The van der Waals surface area contributed by atoms with Gasteiger partial charge in [-0.05, 0) is 31.5 Å². The van der Waals surface area contributed by atoms with Crippen molar-refractivity contribution in [2.24, 2.45) is 0 Å². The largest absolute Gasteiger partial charge is 0.488 e. The van der Waals surface area contributed by atoms with Gasteiger partial charge in [-0.15, -0.1) is 0 Å². The number of benzene rings is 1. The van der Waals surface area contributed by atoms with Gasteiger partial charge in [0.1, 0.15) is 11.9 Å². The molecule has 1 amide bonds. The molecule has 0 saturated carbocycles. The van der Waals surface area contributed by atoms with Crippen LogP contribution in [0.4, 0.5) is 11.4 Å². The molecule has 0 aromatic heterocycles. The van der Waals surface area contributed by atoms with E-state index in [-0.39, 0.29) is 12.0 Å². The summed E-state index contributed by atoms with van der Waals surface area (Å²) in [6, 6.07) is 4.18. The van der Waals surface area contributed by atoms with E-state index in [1.54, 1.807) is 0 Å². The zero-order valence-electron chi connectivity index (χ0n) is 12.0. The number of carbonyl (C=O) groups excluding carboxylic acids is 1. The Morgan fingerprint density at radius 3 is 2.80 bits per heavy atom. The quantitative estimate of drug-likeness (QED) is 0.816. The summed E-state index contributed by atoms with van der Waals surface area (Å²) in [5.74, 6) is 0.829. The fourth-order valence-electron chi connectivity index (χ4n) is 2.81. The van der Waals surface area contributed by atoms with Crippen LogP contribution in [-0.2, 0) is 4.79 Å². The third-order valence-corrected chi connectivity index (χ3v) is 3.81. The number of anilines is 2. The molecule has 1 fully saturated rings. The molecular weight excluding hydrogens is 254 g/mol. The number of rotatable bonds is 1. The molecule has 0 radical (unpaired) electrons. The molecule has 2 heterocycles. The summed E-state index contributed by atoms with van der Waals surface area (Å²) in [7, 11) is 0. The Hall–Kier alpha value is -1.75. The van der Waals surface area contributed by atoms with Crippen LogP contribution in [0.2, 0.25) is 0 Å². The molecule has 1 aromatic rings.